The molecule has 0 amide bonds. The lowest BCUT2D eigenvalue weighted by atomic mass is 9.90. The molecule has 0 aliphatic heterocycles. The van der Waals surface area contributed by atoms with E-state index in [9.17, 15) is 26.4 Å². The lowest BCUT2D eigenvalue weighted by Gasteiger charge is -2.18. The lowest BCUT2D eigenvalue weighted by molar-refractivity contribution is -0.137. The minimum atomic E-state index is -4.77. The Hall–Kier alpha value is -3.33. The monoisotopic (exact) mass is 520 g/mol. The molecule has 5 nitrogen and oxygen atoms in total. The average molecular weight is 521 g/mol. The molecule has 0 fully saturated rings. The molecular formula is C27H27F3O5S. The van der Waals surface area contributed by atoms with Crippen LogP contribution in [0.4, 0.5) is 13.2 Å². The zero-order chi connectivity index (χ0) is 26.7. The molecule has 0 radical (unpaired) electrons. The van der Waals surface area contributed by atoms with Crippen LogP contribution in [0, 0.1) is 5.41 Å². The summed E-state index contributed by atoms with van der Waals surface area (Å²) in [6.07, 6.45) is -4.81. The van der Waals surface area contributed by atoms with Crippen molar-refractivity contribution in [2.75, 3.05) is 12.9 Å². The normalized spacial score (nSPS) is 12.3. The van der Waals surface area contributed by atoms with Gasteiger partial charge in [-0.05, 0) is 59.0 Å². The molecule has 0 heterocycles. The number of rotatable bonds is 8. The maximum Gasteiger partial charge on any atom is 0.416 e. The van der Waals surface area contributed by atoms with E-state index in [0.29, 0.717) is 11.8 Å². The molecule has 3 aromatic carbocycles. The Morgan fingerprint density at radius 2 is 1.53 bits per heavy atom. The van der Waals surface area contributed by atoms with Crippen LogP contribution < -0.4 is 9.47 Å². The Balaban J connectivity index is 1.99. The predicted molar refractivity (Wildman–Crippen MR) is 131 cm³/mol. The van der Waals surface area contributed by atoms with Gasteiger partial charge in [0.2, 0.25) is 0 Å². The van der Waals surface area contributed by atoms with Gasteiger partial charge in [-0.25, -0.2) is 8.42 Å². The third-order valence-corrected chi connectivity index (χ3v) is 6.86. The molecule has 3 aromatic rings. The first-order chi connectivity index (χ1) is 16.7. The van der Waals surface area contributed by atoms with Crippen molar-refractivity contribution in [2.24, 2.45) is 5.41 Å². The summed E-state index contributed by atoms with van der Waals surface area (Å²) in [6, 6.07) is 16.1. The second-order valence-electron chi connectivity index (χ2n) is 9.55. The SMILES string of the molecule is COc1ccc(-c2cccc(Oc3ccc(C(F)(F)F)cc3S(=O)(=O)CC(=O)CC(C)(C)C)c2)cc1. The number of carbonyl (C=O) groups is 1. The van der Waals surface area contributed by atoms with Gasteiger partial charge < -0.3 is 9.47 Å². The third kappa shape index (κ3) is 7.10. The van der Waals surface area contributed by atoms with E-state index in [0.717, 1.165) is 23.3 Å². The number of Topliss-reactive ketones (excluding diaryl/α,β-unsaturated/α-hetero) is 1. The molecule has 0 aliphatic carbocycles. The molecule has 0 bridgehead atoms. The van der Waals surface area contributed by atoms with Crippen LogP contribution in [0.3, 0.4) is 0 Å². The highest BCUT2D eigenvalue weighted by atomic mass is 32.2. The van der Waals surface area contributed by atoms with Gasteiger partial charge in [-0.15, -0.1) is 0 Å². The van der Waals surface area contributed by atoms with Crippen molar-refractivity contribution in [1.29, 1.82) is 0 Å². The first-order valence-electron chi connectivity index (χ1n) is 11.1. The van der Waals surface area contributed by atoms with E-state index in [4.69, 9.17) is 9.47 Å². The average Bonchev–Trinajstić information content (AvgIpc) is 2.77. The number of carbonyl (C=O) groups excluding carboxylic acids is 1. The van der Waals surface area contributed by atoms with Gasteiger partial charge in [-0.3, -0.25) is 4.79 Å². The van der Waals surface area contributed by atoms with Gasteiger partial charge in [0.1, 0.15) is 33.7 Å². The largest absolute Gasteiger partial charge is 0.497 e. The van der Waals surface area contributed by atoms with Gasteiger partial charge in [0.25, 0.3) is 0 Å². The maximum atomic E-state index is 13.4. The molecule has 192 valence electrons. The summed E-state index contributed by atoms with van der Waals surface area (Å²) in [5.41, 5.74) is -0.0495. The maximum absolute atomic E-state index is 13.4. The Bertz CT molecular complexity index is 1340. The van der Waals surface area contributed by atoms with E-state index in [2.05, 4.69) is 0 Å². The number of ketones is 1. The molecule has 3 rings (SSSR count). The Morgan fingerprint density at radius 3 is 2.11 bits per heavy atom. The summed E-state index contributed by atoms with van der Waals surface area (Å²) >= 11 is 0. The zero-order valence-corrected chi connectivity index (χ0v) is 21.2. The van der Waals surface area contributed by atoms with Gasteiger partial charge in [-0.2, -0.15) is 13.2 Å². The fraction of sp³-hybridized carbons (Fsp3) is 0.296. The molecule has 0 N–H and O–H groups in total. The highest BCUT2D eigenvalue weighted by Crippen LogP contribution is 2.37. The van der Waals surface area contributed by atoms with Crippen molar-refractivity contribution in [3.8, 4) is 28.4 Å². The number of sulfone groups is 1. The van der Waals surface area contributed by atoms with Crippen LogP contribution >= 0.6 is 0 Å². The van der Waals surface area contributed by atoms with Crippen molar-refractivity contribution in [3.63, 3.8) is 0 Å². The number of benzene rings is 3. The molecule has 0 aliphatic rings. The van der Waals surface area contributed by atoms with Gasteiger partial charge in [0, 0.05) is 6.42 Å². The van der Waals surface area contributed by atoms with E-state index in [1.165, 1.54) is 0 Å². The van der Waals surface area contributed by atoms with Crippen LogP contribution in [0.2, 0.25) is 0 Å². The Morgan fingerprint density at radius 1 is 0.861 bits per heavy atom. The van der Waals surface area contributed by atoms with Crippen LogP contribution in [-0.2, 0) is 20.8 Å². The van der Waals surface area contributed by atoms with Gasteiger partial charge in [-0.1, -0.05) is 45.0 Å². The number of alkyl halides is 3. The summed E-state index contributed by atoms with van der Waals surface area (Å²) < 4.78 is 77.2. The van der Waals surface area contributed by atoms with Crippen molar-refractivity contribution in [2.45, 2.75) is 38.3 Å². The Labute approximate surface area is 208 Å². The molecular weight excluding hydrogens is 493 g/mol. The second kappa shape index (κ2) is 10.3. The zero-order valence-electron chi connectivity index (χ0n) is 20.3. The first kappa shape index (κ1) is 27.3. The van der Waals surface area contributed by atoms with Crippen molar-refractivity contribution in [3.05, 3.63) is 72.3 Å². The molecule has 0 spiro atoms. The van der Waals surface area contributed by atoms with Gasteiger partial charge >= 0.3 is 6.18 Å². The van der Waals surface area contributed by atoms with Crippen LogP contribution in [0.25, 0.3) is 11.1 Å². The van der Waals surface area contributed by atoms with Crippen LogP contribution in [0.15, 0.2) is 71.6 Å². The highest BCUT2D eigenvalue weighted by Gasteiger charge is 2.34. The predicted octanol–water partition coefficient (Wildman–Crippen LogP) is 6.95. The van der Waals surface area contributed by atoms with Gasteiger partial charge in [0.05, 0.1) is 12.7 Å². The van der Waals surface area contributed by atoms with Crippen LogP contribution in [0.5, 0.6) is 17.2 Å². The minimum absolute atomic E-state index is 0.0364. The quantitative estimate of drug-likeness (QED) is 0.321. The molecule has 0 saturated carbocycles. The lowest BCUT2D eigenvalue weighted by Crippen LogP contribution is -2.22. The number of halogens is 3. The van der Waals surface area contributed by atoms with Crippen molar-refractivity contribution < 1.29 is 35.9 Å². The standard InChI is InChI=1S/C27H27F3O5S/c1-26(2,3)16-21(31)17-36(32,33)25-15-20(27(28,29)30)10-13-24(25)35-23-7-5-6-19(14-23)18-8-11-22(34-4)12-9-18/h5-15H,16-17H2,1-4H3. The van der Waals surface area contributed by atoms with Crippen molar-refractivity contribution >= 4 is 15.6 Å². The summed E-state index contributed by atoms with van der Waals surface area (Å²) in [5.74, 6) is -0.911. The molecule has 9 heteroatoms. The fourth-order valence-corrected chi connectivity index (χ4v) is 5.00. The van der Waals surface area contributed by atoms with E-state index in [1.54, 1.807) is 58.2 Å². The fourth-order valence-electron chi connectivity index (χ4n) is 3.59. The molecule has 0 atom stereocenters. The van der Waals surface area contributed by atoms with Gasteiger partial charge in [0.15, 0.2) is 9.84 Å². The van der Waals surface area contributed by atoms with E-state index >= 15 is 0 Å². The van der Waals surface area contributed by atoms with Crippen molar-refractivity contribution in [1.82, 2.24) is 0 Å². The first-order valence-corrected chi connectivity index (χ1v) is 12.7. The molecule has 0 aromatic heterocycles. The number of hydrogen-bond acceptors (Lipinski definition) is 5. The van der Waals surface area contributed by atoms with E-state index < -0.39 is 43.4 Å². The van der Waals surface area contributed by atoms with Crippen LogP contribution in [0.1, 0.15) is 32.8 Å². The topological polar surface area (TPSA) is 69.7 Å². The highest BCUT2D eigenvalue weighted by molar-refractivity contribution is 7.92. The smallest absolute Gasteiger partial charge is 0.416 e. The third-order valence-electron chi connectivity index (χ3n) is 5.17. The van der Waals surface area contributed by atoms with E-state index in [-0.39, 0.29) is 17.9 Å². The number of hydrogen-bond donors (Lipinski definition) is 0. The summed E-state index contributed by atoms with van der Waals surface area (Å²) in [4.78, 5) is 11.7. The summed E-state index contributed by atoms with van der Waals surface area (Å²) in [6.45, 7) is 5.31. The summed E-state index contributed by atoms with van der Waals surface area (Å²) in [7, 11) is -2.87. The molecule has 0 unspecified atom stereocenters. The van der Waals surface area contributed by atoms with Crippen LogP contribution in [-0.4, -0.2) is 27.1 Å². The summed E-state index contributed by atoms with van der Waals surface area (Å²) in [5, 5.41) is 0. The number of ether oxygens (including phenoxy) is 2. The number of methoxy groups -OCH3 is 1. The second-order valence-corrected chi connectivity index (χ2v) is 11.5. The van der Waals surface area contributed by atoms with E-state index in [1.807, 2.05) is 18.2 Å². The molecule has 0 saturated heterocycles. The minimum Gasteiger partial charge on any atom is -0.497 e. The molecule has 36 heavy (non-hydrogen) atoms. The Kier molecular flexibility index (Phi) is 7.83.